The van der Waals surface area contributed by atoms with Crippen LogP contribution in [0.5, 0.6) is 17.2 Å². The van der Waals surface area contributed by atoms with Crippen LogP contribution in [-0.4, -0.2) is 54.4 Å². The van der Waals surface area contributed by atoms with E-state index >= 15 is 0 Å². The molecule has 0 bridgehead atoms. The van der Waals surface area contributed by atoms with Crippen molar-refractivity contribution in [1.82, 2.24) is 10.6 Å². The van der Waals surface area contributed by atoms with Crippen molar-refractivity contribution >= 4 is 23.4 Å². The van der Waals surface area contributed by atoms with Crippen LogP contribution in [0.4, 0.5) is 4.39 Å². The molecular weight excluding hydrogens is 491 g/mol. The number of para-hydroxylation sites is 2. The highest BCUT2D eigenvalue weighted by molar-refractivity contribution is 6.30. The topological polar surface area (TPSA) is 106 Å². The molecule has 1 aliphatic heterocycles. The van der Waals surface area contributed by atoms with Crippen molar-refractivity contribution in [2.75, 3.05) is 19.8 Å². The quantitative estimate of drug-likeness (QED) is 0.468. The summed E-state index contributed by atoms with van der Waals surface area (Å²) in [6.07, 6.45) is 2.86. The lowest BCUT2D eigenvalue weighted by atomic mass is 9.77. The molecule has 0 spiro atoms. The highest BCUT2D eigenvalue weighted by Gasteiger charge is 2.36. The molecule has 194 valence electrons. The van der Waals surface area contributed by atoms with Crippen LogP contribution in [0.2, 0.25) is 5.02 Å². The summed E-state index contributed by atoms with van der Waals surface area (Å²) in [6.45, 7) is -0.203. The Morgan fingerprint density at radius 1 is 1.17 bits per heavy atom. The minimum atomic E-state index is -0.879. The van der Waals surface area contributed by atoms with Crippen molar-refractivity contribution in [2.45, 2.75) is 56.3 Å². The van der Waals surface area contributed by atoms with Gasteiger partial charge in [0.25, 0.3) is 11.8 Å². The maximum atomic E-state index is 13.6. The second-order valence-corrected chi connectivity index (χ2v) is 9.63. The first-order valence-corrected chi connectivity index (χ1v) is 12.4. The Labute approximate surface area is 214 Å². The smallest absolute Gasteiger partial charge is 0.264 e. The van der Waals surface area contributed by atoms with E-state index in [1.54, 1.807) is 18.2 Å². The van der Waals surface area contributed by atoms with Crippen LogP contribution in [0.3, 0.4) is 0 Å². The van der Waals surface area contributed by atoms with Gasteiger partial charge in [-0.2, -0.15) is 0 Å². The number of hydrogen-bond donors (Lipinski definition) is 3. The number of ether oxygens (including phenoxy) is 3. The Balaban J connectivity index is 1.27. The lowest BCUT2D eigenvalue weighted by molar-refractivity contribution is -0.131. The summed E-state index contributed by atoms with van der Waals surface area (Å²) in [5.74, 6) is -0.0932. The molecule has 8 nitrogen and oxygen atoms in total. The van der Waals surface area contributed by atoms with Gasteiger partial charge in [-0.1, -0.05) is 43.0 Å². The van der Waals surface area contributed by atoms with Crippen LogP contribution in [0.25, 0.3) is 0 Å². The molecule has 3 N–H and O–H groups in total. The Hall–Kier alpha value is -3.04. The van der Waals surface area contributed by atoms with Gasteiger partial charge in [-0.15, -0.1) is 0 Å². The van der Waals surface area contributed by atoms with Crippen LogP contribution in [0.15, 0.2) is 42.5 Å². The van der Waals surface area contributed by atoms with E-state index in [0.717, 1.165) is 25.3 Å². The van der Waals surface area contributed by atoms with E-state index in [9.17, 15) is 19.1 Å². The lowest BCUT2D eigenvalue weighted by Crippen LogP contribution is -2.54. The predicted octanol–water partition coefficient (Wildman–Crippen LogP) is 3.38. The molecule has 2 atom stereocenters. The van der Waals surface area contributed by atoms with Gasteiger partial charge in [0.2, 0.25) is 6.10 Å². The maximum Gasteiger partial charge on any atom is 0.264 e. The largest absolute Gasteiger partial charge is 0.485 e. The number of benzene rings is 2. The van der Waals surface area contributed by atoms with Crippen LogP contribution in [0, 0.1) is 5.82 Å². The first-order valence-electron chi connectivity index (χ1n) is 12.1. The van der Waals surface area contributed by atoms with Gasteiger partial charge in [-0.25, -0.2) is 4.39 Å². The molecule has 1 heterocycles. The summed E-state index contributed by atoms with van der Waals surface area (Å²) >= 11 is 5.68. The van der Waals surface area contributed by atoms with E-state index in [-0.39, 0.29) is 48.8 Å². The molecule has 10 heteroatoms. The van der Waals surface area contributed by atoms with Gasteiger partial charge in [-0.3, -0.25) is 9.59 Å². The number of nitrogens with one attached hydrogen (secondary N) is 2. The number of halogens is 2. The summed E-state index contributed by atoms with van der Waals surface area (Å²) < 4.78 is 30.3. The Bertz CT molecular complexity index is 1080. The van der Waals surface area contributed by atoms with Gasteiger partial charge in [0.05, 0.1) is 11.1 Å². The molecule has 0 unspecified atom stereocenters. The minimum Gasteiger partial charge on any atom is -0.485 e. The second kappa shape index (κ2) is 11.8. The van der Waals surface area contributed by atoms with Crippen molar-refractivity contribution in [3.63, 3.8) is 0 Å². The van der Waals surface area contributed by atoms with Crippen LogP contribution >= 0.6 is 11.6 Å². The Kier molecular flexibility index (Phi) is 8.53. The van der Waals surface area contributed by atoms with Gasteiger partial charge in [0.1, 0.15) is 18.2 Å². The third kappa shape index (κ3) is 6.79. The summed E-state index contributed by atoms with van der Waals surface area (Å²) in [4.78, 5) is 25.2. The Morgan fingerprint density at radius 2 is 1.92 bits per heavy atom. The number of carbonyl (C=O) groups is 2. The molecule has 0 radical (unpaired) electrons. The van der Waals surface area contributed by atoms with E-state index in [0.29, 0.717) is 24.3 Å². The summed E-state index contributed by atoms with van der Waals surface area (Å²) in [5.41, 5.74) is -0.614. The molecule has 1 aliphatic carbocycles. The Morgan fingerprint density at radius 3 is 2.67 bits per heavy atom. The maximum absolute atomic E-state index is 13.6. The van der Waals surface area contributed by atoms with Gasteiger partial charge in [0, 0.05) is 18.2 Å². The molecule has 4 rings (SSSR count). The van der Waals surface area contributed by atoms with E-state index in [4.69, 9.17) is 25.8 Å². The van der Waals surface area contributed by atoms with Crippen LogP contribution in [-0.2, 0) is 9.59 Å². The fourth-order valence-corrected chi connectivity index (χ4v) is 4.78. The molecule has 36 heavy (non-hydrogen) atoms. The average Bonchev–Trinajstić information content (AvgIpc) is 2.88. The molecule has 2 aliphatic rings. The minimum absolute atomic E-state index is 0.0124. The first-order chi connectivity index (χ1) is 17.3. The monoisotopic (exact) mass is 520 g/mol. The molecule has 2 amide bonds. The number of amides is 2. The first kappa shape index (κ1) is 26.0. The molecular formula is C26H30ClFN2O6. The number of aliphatic hydroxyl groups excluding tert-OH is 1. The van der Waals surface area contributed by atoms with E-state index < -0.39 is 23.6 Å². The highest BCUT2D eigenvalue weighted by atomic mass is 35.5. The number of hydrogen-bond acceptors (Lipinski definition) is 6. The van der Waals surface area contributed by atoms with Gasteiger partial charge >= 0.3 is 0 Å². The zero-order chi connectivity index (χ0) is 25.5. The zero-order valence-corrected chi connectivity index (χ0v) is 20.6. The molecule has 0 aromatic heterocycles. The average molecular weight is 521 g/mol. The summed E-state index contributed by atoms with van der Waals surface area (Å²) in [7, 11) is 0. The van der Waals surface area contributed by atoms with E-state index in [2.05, 4.69) is 10.6 Å². The van der Waals surface area contributed by atoms with Gasteiger partial charge < -0.3 is 30.0 Å². The fourth-order valence-electron chi connectivity index (χ4n) is 4.66. The van der Waals surface area contributed by atoms with Crippen LogP contribution < -0.4 is 24.8 Å². The highest BCUT2D eigenvalue weighted by Crippen LogP contribution is 2.33. The van der Waals surface area contributed by atoms with E-state index in [1.807, 2.05) is 6.07 Å². The number of rotatable bonds is 9. The molecule has 2 aromatic rings. The summed E-state index contributed by atoms with van der Waals surface area (Å²) in [5, 5.41) is 16.4. The molecule has 1 saturated carbocycles. The summed E-state index contributed by atoms with van der Waals surface area (Å²) in [6, 6.07) is 11.1. The van der Waals surface area contributed by atoms with Crippen LogP contribution in [0.1, 0.15) is 38.5 Å². The van der Waals surface area contributed by atoms with Crippen molar-refractivity contribution in [1.29, 1.82) is 0 Å². The van der Waals surface area contributed by atoms with Gasteiger partial charge in [-0.05, 0) is 43.5 Å². The molecule has 1 fully saturated rings. The normalized spacial score (nSPS) is 19.1. The van der Waals surface area contributed by atoms with Crippen molar-refractivity contribution in [3.05, 3.63) is 53.3 Å². The van der Waals surface area contributed by atoms with Crippen molar-refractivity contribution < 1.29 is 33.3 Å². The zero-order valence-electron chi connectivity index (χ0n) is 19.8. The predicted molar refractivity (Wildman–Crippen MR) is 131 cm³/mol. The number of fused-ring (bicyclic) bond motifs is 1. The number of aliphatic hydroxyl groups is 1. The van der Waals surface area contributed by atoms with Crippen molar-refractivity contribution in [3.8, 4) is 17.2 Å². The fraction of sp³-hybridized carbons (Fsp3) is 0.462. The molecule has 2 aromatic carbocycles. The third-order valence-electron chi connectivity index (χ3n) is 6.42. The van der Waals surface area contributed by atoms with Crippen molar-refractivity contribution in [2.24, 2.45) is 0 Å². The lowest BCUT2D eigenvalue weighted by Gasteiger charge is -2.39. The van der Waals surface area contributed by atoms with Gasteiger partial charge in [0.15, 0.2) is 18.1 Å². The molecule has 0 saturated heterocycles. The second-order valence-electron chi connectivity index (χ2n) is 9.22. The standard InChI is InChI=1S/C26H30ClFN2O6/c27-19-9-8-18(12-20(19)28)34-16-24(32)30-26(10-4-1-5-11-26)13-17(31)14-29-25(33)23-15-35-21-6-2-3-7-22(21)36-23/h2-3,6-9,12,17,23,31H,1,4-5,10-11,13-16H2,(H,29,33)(H,30,32)/t17-,23-/m0/s1. The van der Waals surface area contributed by atoms with E-state index in [1.165, 1.54) is 12.1 Å². The third-order valence-corrected chi connectivity index (χ3v) is 6.72. The number of carbonyl (C=O) groups excluding carboxylic acids is 2. The SMILES string of the molecule is O=C(COc1ccc(Cl)c(F)c1)NC1(C[C@H](O)CNC(=O)[C@@H]2COc3ccccc3O2)CCCCC1.